The van der Waals surface area contributed by atoms with Gasteiger partial charge in [-0.25, -0.2) is 4.39 Å². The number of rotatable bonds is 5. The van der Waals surface area contributed by atoms with Crippen molar-refractivity contribution in [2.75, 3.05) is 13.1 Å². The quantitative estimate of drug-likeness (QED) is 0.673. The molecule has 0 radical (unpaired) electrons. The van der Waals surface area contributed by atoms with Crippen molar-refractivity contribution < 1.29 is 14.0 Å². The van der Waals surface area contributed by atoms with Crippen molar-refractivity contribution in [3.05, 3.63) is 105 Å². The van der Waals surface area contributed by atoms with E-state index in [0.717, 1.165) is 5.56 Å². The van der Waals surface area contributed by atoms with Crippen LogP contribution in [0.1, 0.15) is 33.1 Å². The van der Waals surface area contributed by atoms with Gasteiger partial charge in [0.05, 0.1) is 0 Å². The number of hydrogen-bond acceptors (Lipinski definition) is 3. The topological polar surface area (TPSA) is 71.4 Å². The minimum absolute atomic E-state index is 0.0386. The number of amides is 2. The summed E-state index contributed by atoms with van der Waals surface area (Å²) in [6.07, 6.45) is 2.33. The van der Waals surface area contributed by atoms with E-state index in [0.29, 0.717) is 24.1 Å². The van der Waals surface area contributed by atoms with Gasteiger partial charge in [0.15, 0.2) is 0 Å². The van der Waals surface area contributed by atoms with Crippen molar-refractivity contribution in [3.8, 4) is 0 Å². The van der Waals surface area contributed by atoms with E-state index in [9.17, 15) is 18.8 Å². The van der Waals surface area contributed by atoms with E-state index in [1.54, 1.807) is 25.3 Å². The van der Waals surface area contributed by atoms with Crippen molar-refractivity contribution in [3.63, 3.8) is 0 Å². The molecule has 164 valence electrons. The lowest BCUT2D eigenvalue weighted by Crippen LogP contribution is -2.53. The number of benzene rings is 2. The van der Waals surface area contributed by atoms with Gasteiger partial charge in [-0.3, -0.25) is 14.4 Å². The average molecular weight is 433 g/mol. The smallest absolute Gasteiger partial charge is 0.263 e. The first-order valence-corrected chi connectivity index (χ1v) is 10.5. The molecule has 1 saturated heterocycles. The van der Waals surface area contributed by atoms with Crippen LogP contribution in [0.4, 0.5) is 4.39 Å². The van der Waals surface area contributed by atoms with E-state index in [1.165, 1.54) is 27.7 Å². The Morgan fingerprint density at radius 1 is 1.09 bits per heavy atom. The summed E-state index contributed by atoms with van der Waals surface area (Å²) in [6, 6.07) is 16.2. The Balaban J connectivity index is 1.66. The van der Waals surface area contributed by atoms with Crippen LogP contribution in [0.3, 0.4) is 0 Å². The highest BCUT2D eigenvalue weighted by Gasteiger charge is 2.36. The molecule has 0 saturated carbocycles. The fraction of sp³-hybridized carbons (Fsp3) is 0.240. The van der Waals surface area contributed by atoms with Gasteiger partial charge in [0.1, 0.15) is 17.4 Å². The van der Waals surface area contributed by atoms with Gasteiger partial charge in [-0.1, -0.05) is 42.5 Å². The van der Waals surface area contributed by atoms with E-state index in [1.807, 2.05) is 30.3 Å². The highest BCUT2D eigenvalue weighted by molar-refractivity contribution is 5.99. The van der Waals surface area contributed by atoms with Gasteiger partial charge in [-0.15, -0.1) is 0 Å². The fourth-order valence-corrected chi connectivity index (χ4v) is 4.03. The summed E-state index contributed by atoms with van der Waals surface area (Å²) < 4.78 is 15.3. The van der Waals surface area contributed by atoms with Crippen LogP contribution in [0.2, 0.25) is 0 Å². The van der Waals surface area contributed by atoms with Crippen LogP contribution in [0.15, 0.2) is 71.7 Å². The fourth-order valence-electron chi connectivity index (χ4n) is 4.03. The SMILES string of the molecule is Cc1ccn(CCc2ccccc2)c(=O)c1C(=O)N1CCNC(=O)C1c1cccc(F)c1. The molecule has 2 aromatic carbocycles. The van der Waals surface area contributed by atoms with Crippen molar-refractivity contribution in [1.82, 2.24) is 14.8 Å². The minimum atomic E-state index is -0.997. The van der Waals surface area contributed by atoms with Gasteiger partial charge in [0.2, 0.25) is 5.91 Å². The summed E-state index contributed by atoms with van der Waals surface area (Å²) in [6.45, 7) is 2.63. The summed E-state index contributed by atoms with van der Waals surface area (Å²) in [5, 5.41) is 2.73. The summed E-state index contributed by atoms with van der Waals surface area (Å²) in [4.78, 5) is 40.7. The normalized spacial score (nSPS) is 16.0. The molecule has 0 aliphatic carbocycles. The number of hydrogen-bond donors (Lipinski definition) is 1. The summed E-state index contributed by atoms with van der Waals surface area (Å²) in [5.74, 6) is -1.41. The molecule has 2 heterocycles. The maximum Gasteiger partial charge on any atom is 0.263 e. The molecule has 1 fully saturated rings. The molecule has 1 aliphatic rings. The molecule has 1 unspecified atom stereocenters. The molecule has 32 heavy (non-hydrogen) atoms. The minimum Gasteiger partial charge on any atom is -0.352 e. The van der Waals surface area contributed by atoms with Crippen molar-refractivity contribution in [2.45, 2.75) is 25.9 Å². The Labute approximate surface area is 185 Å². The second-order valence-electron chi connectivity index (χ2n) is 7.86. The van der Waals surface area contributed by atoms with E-state index < -0.39 is 29.2 Å². The Kier molecular flexibility index (Phi) is 6.16. The van der Waals surface area contributed by atoms with Gasteiger partial charge < -0.3 is 14.8 Å². The van der Waals surface area contributed by atoms with E-state index in [-0.39, 0.29) is 18.7 Å². The van der Waals surface area contributed by atoms with E-state index in [4.69, 9.17) is 0 Å². The first kappa shape index (κ1) is 21.5. The lowest BCUT2D eigenvalue weighted by molar-refractivity contribution is -0.128. The Morgan fingerprint density at radius 2 is 1.88 bits per heavy atom. The predicted molar refractivity (Wildman–Crippen MR) is 119 cm³/mol. The van der Waals surface area contributed by atoms with Crippen molar-refractivity contribution in [1.29, 1.82) is 0 Å². The van der Waals surface area contributed by atoms with Crippen molar-refractivity contribution in [2.24, 2.45) is 0 Å². The Bertz CT molecular complexity index is 1210. The highest BCUT2D eigenvalue weighted by Crippen LogP contribution is 2.26. The lowest BCUT2D eigenvalue weighted by atomic mass is 10.00. The summed E-state index contributed by atoms with van der Waals surface area (Å²) in [5.41, 5.74) is 1.65. The second-order valence-corrected chi connectivity index (χ2v) is 7.86. The highest BCUT2D eigenvalue weighted by atomic mass is 19.1. The van der Waals surface area contributed by atoms with Crippen LogP contribution >= 0.6 is 0 Å². The number of halogens is 1. The number of aromatic nitrogens is 1. The third-order valence-corrected chi connectivity index (χ3v) is 5.71. The number of carbonyl (C=O) groups excluding carboxylic acids is 2. The molecule has 1 aliphatic heterocycles. The summed E-state index contributed by atoms with van der Waals surface area (Å²) in [7, 11) is 0. The summed E-state index contributed by atoms with van der Waals surface area (Å²) >= 11 is 0. The number of pyridine rings is 1. The van der Waals surface area contributed by atoms with Gasteiger partial charge >= 0.3 is 0 Å². The van der Waals surface area contributed by atoms with Gasteiger partial charge in [0, 0.05) is 25.8 Å². The third kappa shape index (κ3) is 4.32. The van der Waals surface area contributed by atoms with Gasteiger partial charge in [-0.05, 0) is 48.2 Å². The number of aryl methyl sites for hydroxylation is 3. The monoisotopic (exact) mass is 433 g/mol. The Hall–Kier alpha value is -3.74. The number of nitrogens with one attached hydrogen (secondary N) is 1. The zero-order valence-corrected chi connectivity index (χ0v) is 17.8. The van der Waals surface area contributed by atoms with E-state index in [2.05, 4.69) is 5.32 Å². The molecule has 0 bridgehead atoms. The van der Waals surface area contributed by atoms with Crippen LogP contribution in [0, 0.1) is 12.7 Å². The first-order chi connectivity index (χ1) is 15.5. The lowest BCUT2D eigenvalue weighted by Gasteiger charge is -2.35. The zero-order valence-electron chi connectivity index (χ0n) is 17.8. The van der Waals surface area contributed by atoms with Crippen LogP contribution in [0.5, 0.6) is 0 Å². The van der Waals surface area contributed by atoms with Crippen molar-refractivity contribution >= 4 is 11.8 Å². The molecule has 0 spiro atoms. The maximum absolute atomic E-state index is 13.8. The molecular weight excluding hydrogens is 409 g/mol. The second kappa shape index (κ2) is 9.18. The molecule has 1 N–H and O–H groups in total. The van der Waals surface area contributed by atoms with Crippen LogP contribution in [0.25, 0.3) is 0 Å². The standard InChI is InChI=1S/C25H24FN3O3/c1-17-10-13-28(14-11-18-6-3-2-4-7-18)24(31)21(17)25(32)29-15-12-27-23(30)22(29)19-8-5-9-20(26)16-19/h2-10,13,16,22H,11-12,14-15H2,1H3,(H,27,30). The van der Waals surface area contributed by atoms with Gasteiger partial charge in [0.25, 0.3) is 11.5 Å². The molecule has 1 atom stereocenters. The molecule has 6 nitrogen and oxygen atoms in total. The van der Waals surface area contributed by atoms with Crippen LogP contribution in [-0.4, -0.2) is 34.4 Å². The predicted octanol–water partition coefficient (Wildman–Crippen LogP) is 2.85. The zero-order chi connectivity index (χ0) is 22.7. The maximum atomic E-state index is 13.8. The average Bonchev–Trinajstić information content (AvgIpc) is 2.79. The van der Waals surface area contributed by atoms with Crippen LogP contribution < -0.4 is 10.9 Å². The number of carbonyl (C=O) groups is 2. The molecule has 7 heteroatoms. The largest absolute Gasteiger partial charge is 0.352 e. The number of piperazine rings is 1. The molecule has 3 aromatic rings. The Morgan fingerprint density at radius 3 is 2.62 bits per heavy atom. The molecule has 4 rings (SSSR count). The molecule has 2 amide bonds. The van der Waals surface area contributed by atoms with Gasteiger partial charge in [-0.2, -0.15) is 0 Å². The first-order valence-electron chi connectivity index (χ1n) is 10.5. The van der Waals surface area contributed by atoms with Crippen LogP contribution in [-0.2, 0) is 17.8 Å². The molecule has 1 aromatic heterocycles. The van der Waals surface area contributed by atoms with E-state index >= 15 is 0 Å². The number of nitrogens with zero attached hydrogens (tertiary/aromatic N) is 2. The molecular formula is C25H24FN3O3. The third-order valence-electron chi connectivity index (χ3n) is 5.71.